The maximum atomic E-state index is 8.59. The molecule has 1 nitrogen and oxygen atoms in total. The molecule has 0 aliphatic heterocycles. The van der Waals surface area contributed by atoms with Gasteiger partial charge in [-0.05, 0) is 85.6 Å². The van der Waals surface area contributed by atoms with Gasteiger partial charge >= 0.3 is 0 Å². The molecule has 0 atom stereocenters. The summed E-state index contributed by atoms with van der Waals surface area (Å²) in [5, 5.41) is 8.59. The third-order valence-electron chi connectivity index (χ3n) is 3.86. The van der Waals surface area contributed by atoms with E-state index in [0.29, 0.717) is 0 Å². The maximum absolute atomic E-state index is 8.59. The predicted molar refractivity (Wildman–Crippen MR) is 105 cm³/mol. The first-order chi connectivity index (χ1) is 11.0. The highest BCUT2D eigenvalue weighted by molar-refractivity contribution is 5.07. The molecule has 0 spiro atoms. The van der Waals surface area contributed by atoms with Crippen molar-refractivity contribution >= 4 is 0 Å². The molecule has 0 radical (unpaired) electrons. The number of allylic oxidation sites excluding steroid dienone is 9. The number of aliphatic hydroxyl groups is 1. The van der Waals surface area contributed by atoms with Gasteiger partial charge in [-0.2, -0.15) is 0 Å². The van der Waals surface area contributed by atoms with E-state index >= 15 is 0 Å². The number of hydrogen-bond donors (Lipinski definition) is 1. The van der Waals surface area contributed by atoms with Gasteiger partial charge in [-0.1, -0.05) is 46.6 Å². The molecule has 1 N–H and O–H groups in total. The van der Waals surface area contributed by atoms with Gasteiger partial charge in [0.2, 0.25) is 0 Å². The van der Waals surface area contributed by atoms with Crippen molar-refractivity contribution < 1.29 is 5.11 Å². The third kappa shape index (κ3) is 15.2. The summed E-state index contributed by atoms with van der Waals surface area (Å²) in [7, 11) is 0. The fourth-order valence-corrected chi connectivity index (χ4v) is 2.32. The van der Waals surface area contributed by atoms with Gasteiger partial charge in [0.15, 0.2) is 0 Å². The second-order valence-electron chi connectivity index (χ2n) is 6.67. The standard InChI is InChI=1S/C22H36O/c1-19(2)11-8-13-21(4)15-10-17-22(5)16-9-14-20(3)12-6-7-18-23/h7,11-12,15-16,18,23H,6,8-10,13-14,17H2,1-5H3/b18-7+,20-12+,21-15+,22-16+. The lowest BCUT2D eigenvalue weighted by Crippen LogP contribution is -1.82. The Bertz CT molecular complexity index is 454. The monoisotopic (exact) mass is 316 g/mol. The average molecular weight is 317 g/mol. The fraction of sp³-hybridized carbons (Fsp3) is 0.545. The van der Waals surface area contributed by atoms with E-state index in [2.05, 4.69) is 58.9 Å². The van der Waals surface area contributed by atoms with Gasteiger partial charge in [-0.25, -0.2) is 0 Å². The van der Waals surface area contributed by atoms with Crippen molar-refractivity contribution in [3.05, 3.63) is 58.9 Å². The highest BCUT2D eigenvalue weighted by Gasteiger charge is 1.93. The molecule has 0 aromatic rings. The smallest absolute Gasteiger partial charge is 0.0754 e. The van der Waals surface area contributed by atoms with Crippen LogP contribution in [0.3, 0.4) is 0 Å². The zero-order chi connectivity index (χ0) is 17.5. The van der Waals surface area contributed by atoms with Crippen LogP contribution in [0.2, 0.25) is 0 Å². The summed E-state index contributed by atoms with van der Waals surface area (Å²) in [6.07, 6.45) is 19.8. The molecule has 0 fully saturated rings. The van der Waals surface area contributed by atoms with E-state index < -0.39 is 0 Å². The summed E-state index contributed by atoms with van der Waals surface area (Å²) in [5.74, 6) is 0. The average Bonchev–Trinajstić information content (AvgIpc) is 2.47. The molecule has 0 unspecified atom stereocenters. The molecule has 23 heavy (non-hydrogen) atoms. The number of hydrogen-bond acceptors (Lipinski definition) is 1. The summed E-state index contributed by atoms with van der Waals surface area (Å²) in [6, 6.07) is 0. The van der Waals surface area contributed by atoms with Crippen molar-refractivity contribution in [2.24, 2.45) is 0 Å². The van der Waals surface area contributed by atoms with Crippen molar-refractivity contribution in [1.82, 2.24) is 0 Å². The second kappa shape index (κ2) is 14.1. The lowest BCUT2D eigenvalue weighted by atomic mass is 10.0. The van der Waals surface area contributed by atoms with Crippen LogP contribution in [0.1, 0.15) is 79.6 Å². The molecule has 0 aliphatic carbocycles. The molecule has 0 aromatic carbocycles. The van der Waals surface area contributed by atoms with Gasteiger partial charge in [0, 0.05) is 0 Å². The molecule has 0 saturated heterocycles. The van der Waals surface area contributed by atoms with Crippen molar-refractivity contribution in [1.29, 1.82) is 0 Å². The summed E-state index contributed by atoms with van der Waals surface area (Å²) in [5.41, 5.74) is 5.79. The van der Waals surface area contributed by atoms with Crippen LogP contribution in [-0.2, 0) is 0 Å². The van der Waals surface area contributed by atoms with Crippen LogP contribution in [0.25, 0.3) is 0 Å². The minimum absolute atomic E-state index is 0.821. The van der Waals surface area contributed by atoms with E-state index in [0.717, 1.165) is 44.8 Å². The SMILES string of the molecule is CC(C)=CCC/C(C)=C/CC/C(C)=C/CC/C(C)=C/C/C=C/O. The molecule has 0 rings (SSSR count). The van der Waals surface area contributed by atoms with Gasteiger partial charge in [0.1, 0.15) is 0 Å². The molecular weight excluding hydrogens is 280 g/mol. The first kappa shape index (κ1) is 21.5. The number of rotatable bonds is 11. The molecule has 0 heterocycles. The minimum atomic E-state index is 0.821. The quantitative estimate of drug-likeness (QED) is 0.307. The van der Waals surface area contributed by atoms with Crippen LogP contribution < -0.4 is 0 Å². The molecule has 0 aromatic heterocycles. The third-order valence-corrected chi connectivity index (χ3v) is 3.86. The Kier molecular flexibility index (Phi) is 13.2. The molecular formula is C22H36O. The highest BCUT2D eigenvalue weighted by atomic mass is 16.2. The second-order valence-corrected chi connectivity index (χ2v) is 6.67. The van der Waals surface area contributed by atoms with Crippen molar-refractivity contribution in [3.8, 4) is 0 Å². The highest BCUT2D eigenvalue weighted by Crippen LogP contribution is 2.13. The van der Waals surface area contributed by atoms with Gasteiger partial charge in [-0.3, -0.25) is 0 Å². The van der Waals surface area contributed by atoms with E-state index in [1.54, 1.807) is 6.08 Å². The number of aliphatic hydroxyl groups excluding tert-OH is 1. The van der Waals surface area contributed by atoms with Gasteiger partial charge in [0.05, 0.1) is 6.26 Å². The molecule has 0 bridgehead atoms. The van der Waals surface area contributed by atoms with Crippen LogP contribution in [-0.4, -0.2) is 5.11 Å². The summed E-state index contributed by atoms with van der Waals surface area (Å²) >= 11 is 0. The zero-order valence-electron chi connectivity index (χ0n) is 15.9. The molecule has 130 valence electrons. The molecule has 0 amide bonds. The normalized spacial score (nSPS) is 13.7. The first-order valence-electron chi connectivity index (χ1n) is 8.85. The zero-order valence-corrected chi connectivity index (χ0v) is 15.9. The van der Waals surface area contributed by atoms with Crippen LogP contribution in [0.4, 0.5) is 0 Å². The first-order valence-corrected chi connectivity index (χ1v) is 8.85. The van der Waals surface area contributed by atoms with Gasteiger partial charge < -0.3 is 5.11 Å². The molecule has 0 aliphatic rings. The lowest BCUT2D eigenvalue weighted by Gasteiger charge is -2.02. The molecule has 1 heteroatoms. The van der Waals surface area contributed by atoms with Crippen LogP contribution in [0.15, 0.2) is 58.9 Å². The van der Waals surface area contributed by atoms with Crippen molar-refractivity contribution in [2.45, 2.75) is 79.6 Å². The van der Waals surface area contributed by atoms with Crippen molar-refractivity contribution in [3.63, 3.8) is 0 Å². The Morgan fingerprint density at radius 2 is 1.09 bits per heavy atom. The van der Waals surface area contributed by atoms with Gasteiger partial charge in [0.25, 0.3) is 0 Å². The largest absolute Gasteiger partial charge is 0.516 e. The Morgan fingerprint density at radius 1 is 0.652 bits per heavy atom. The summed E-state index contributed by atoms with van der Waals surface area (Å²) < 4.78 is 0. The van der Waals surface area contributed by atoms with Crippen molar-refractivity contribution in [2.75, 3.05) is 0 Å². The van der Waals surface area contributed by atoms with E-state index in [9.17, 15) is 0 Å². The Morgan fingerprint density at radius 3 is 1.52 bits per heavy atom. The summed E-state index contributed by atoms with van der Waals surface area (Å²) in [6.45, 7) is 11.0. The lowest BCUT2D eigenvalue weighted by molar-refractivity contribution is 0.471. The minimum Gasteiger partial charge on any atom is -0.516 e. The molecule has 0 saturated carbocycles. The van der Waals surface area contributed by atoms with Crippen LogP contribution in [0, 0.1) is 0 Å². The van der Waals surface area contributed by atoms with Gasteiger partial charge in [-0.15, -0.1) is 0 Å². The van der Waals surface area contributed by atoms with Crippen LogP contribution in [0.5, 0.6) is 0 Å². The van der Waals surface area contributed by atoms with E-state index in [1.807, 2.05) is 0 Å². The Labute approximate surface area is 144 Å². The van der Waals surface area contributed by atoms with E-state index in [1.165, 1.54) is 28.7 Å². The van der Waals surface area contributed by atoms with E-state index in [4.69, 9.17) is 5.11 Å². The van der Waals surface area contributed by atoms with Crippen LogP contribution >= 0.6 is 0 Å². The predicted octanol–water partition coefficient (Wildman–Crippen LogP) is 7.59. The Hall–Kier alpha value is -1.50. The fourth-order valence-electron chi connectivity index (χ4n) is 2.32. The summed E-state index contributed by atoms with van der Waals surface area (Å²) in [4.78, 5) is 0. The topological polar surface area (TPSA) is 20.2 Å². The van der Waals surface area contributed by atoms with E-state index in [-0.39, 0.29) is 0 Å². The Balaban J connectivity index is 3.98. The maximum Gasteiger partial charge on any atom is 0.0754 e.